The number of hydrogen-bond donors (Lipinski definition) is 1. The number of fused-ring (bicyclic) bond motifs is 2. The van der Waals surface area contributed by atoms with Crippen LogP contribution in [-0.4, -0.2) is 25.3 Å². The number of ether oxygens (including phenoxy) is 1. The van der Waals surface area contributed by atoms with Gasteiger partial charge >= 0.3 is 0 Å². The summed E-state index contributed by atoms with van der Waals surface area (Å²) in [6, 6.07) is 0. The molecular formula is C10H12ClNO. The normalized spacial score (nSPS) is 34.5. The molecule has 1 fully saturated rings. The quantitative estimate of drug-likeness (QED) is 0.630. The van der Waals surface area contributed by atoms with Crippen molar-refractivity contribution in [1.82, 2.24) is 5.32 Å². The van der Waals surface area contributed by atoms with Crippen LogP contribution in [0.2, 0.25) is 0 Å². The van der Waals surface area contributed by atoms with E-state index in [-0.39, 0.29) is 18.5 Å². The predicted molar refractivity (Wildman–Crippen MR) is 54.1 cm³/mol. The fraction of sp³-hybridized carbons (Fsp3) is 0.400. The lowest BCUT2D eigenvalue weighted by Gasteiger charge is -2.12. The van der Waals surface area contributed by atoms with Crippen molar-refractivity contribution in [3.63, 3.8) is 0 Å². The number of allylic oxidation sites excluding steroid dienone is 2. The highest BCUT2D eigenvalue weighted by Gasteiger charge is 2.35. The van der Waals surface area contributed by atoms with Gasteiger partial charge in [0.15, 0.2) is 0 Å². The van der Waals surface area contributed by atoms with Crippen LogP contribution < -0.4 is 5.32 Å². The minimum absolute atomic E-state index is 0. The Balaban J connectivity index is 0.000000653. The van der Waals surface area contributed by atoms with Crippen molar-refractivity contribution < 1.29 is 4.74 Å². The summed E-state index contributed by atoms with van der Waals surface area (Å²) >= 11 is 0. The first-order valence-electron chi connectivity index (χ1n) is 4.39. The highest BCUT2D eigenvalue weighted by Crippen LogP contribution is 2.32. The second-order valence-electron chi connectivity index (χ2n) is 3.40. The molecule has 0 aromatic carbocycles. The van der Waals surface area contributed by atoms with Crippen molar-refractivity contribution in [2.75, 3.05) is 13.1 Å². The highest BCUT2D eigenvalue weighted by atomic mass is 35.5. The third-order valence-electron chi connectivity index (χ3n) is 2.69. The third kappa shape index (κ3) is 1.26. The first kappa shape index (κ1) is 9.00. The molecule has 3 aliphatic rings. The third-order valence-corrected chi connectivity index (χ3v) is 2.69. The molecule has 0 amide bonds. The Morgan fingerprint density at radius 2 is 2.31 bits per heavy atom. The fourth-order valence-electron chi connectivity index (χ4n) is 2.10. The topological polar surface area (TPSA) is 21.3 Å². The second-order valence-corrected chi connectivity index (χ2v) is 3.40. The van der Waals surface area contributed by atoms with Gasteiger partial charge in [-0.05, 0) is 11.1 Å². The Labute approximate surface area is 83.8 Å². The van der Waals surface area contributed by atoms with E-state index in [4.69, 9.17) is 4.74 Å². The van der Waals surface area contributed by atoms with Crippen LogP contribution in [0, 0.1) is 0 Å². The Bertz CT molecular complexity index is 306. The van der Waals surface area contributed by atoms with E-state index in [0.717, 1.165) is 13.1 Å². The molecule has 0 radical (unpaired) electrons. The lowest BCUT2D eigenvalue weighted by molar-refractivity contribution is 0.0888. The van der Waals surface area contributed by atoms with E-state index in [2.05, 4.69) is 29.6 Å². The van der Waals surface area contributed by atoms with E-state index in [1.54, 1.807) is 0 Å². The van der Waals surface area contributed by atoms with Crippen LogP contribution in [0.25, 0.3) is 0 Å². The minimum Gasteiger partial charge on any atom is -0.360 e. The van der Waals surface area contributed by atoms with Gasteiger partial charge in [0.1, 0.15) is 6.10 Å². The smallest absolute Gasteiger partial charge is 0.102 e. The summed E-state index contributed by atoms with van der Waals surface area (Å²) in [6.07, 6.45) is 9.04. The molecule has 0 aromatic heterocycles. The van der Waals surface area contributed by atoms with Gasteiger partial charge in [-0.1, -0.05) is 24.3 Å². The first-order chi connectivity index (χ1) is 5.95. The maximum atomic E-state index is 5.81. The van der Waals surface area contributed by atoms with E-state index < -0.39 is 0 Å². The number of nitrogens with one attached hydrogen (secondary N) is 1. The zero-order valence-electron chi connectivity index (χ0n) is 7.19. The average molecular weight is 198 g/mol. The lowest BCUT2D eigenvalue weighted by atomic mass is 10.0. The van der Waals surface area contributed by atoms with Crippen LogP contribution in [0.1, 0.15) is 0 Å². The van der Waals surface area contributed by atoms with Crippen molar-refractivity contribution in [3.8, 4) is 0 Å². The Morgan fingerprint density at radius 1 is 1.38 bits per heavy atom. The molecule has 0 aromatic rings. The van der Waals surface area contributed by atoms with Crippen LogP contribution in [0.4, 0.5) is 0 Å². The summed E-state index contributed by atoms with van der Waals surface area (Å²) in [7, 11) is 0. The molecule has 70 valence electrons. The van der Waals surface area contributed by atoms with E-state index in [1.807, 2.05) is 0 Å². The molecule has 2 atom stereocenters. The molecule has 0 spiro atoms. The van der Waals surface area contributed by atoms with Crippen LogP contribution in [0.3, 0.4) is 0 Å². The lowest BCUT2D eigenvalue weighted by Crippen LogP contribution is -2.19. The molecule has 2 nitrogen and oxygen atoms in total. The monoisotopic (exact) mass is 197 g/mol. The number of rotatable bonds is 0. The highest BCUT2D eigenvalue weighted by molar-refractivity contribution is 5.85. The van der Waals surface area contributed by atoms with Gasteiger partial charge in [-0.25, -0.2) is 0 Å². The maximum Gasteiger partial charge on any atom is 0.102 e. The van der Waals surface area contributed by atoms with E-state index in [9.17, 15) is 0 Å². The van der Waals surface area contributed by atoms with Gasteiger partial charge < -0.3 is 10.1 Å². The summed E-state index contributed by atoms with van der Waals surface area (Å²) in [6.45, 7) is 1.99. The largest absolute Gasteiger partial charge is 0.360 e. The predicted octanol–water partition coefficient (Wildman–Crippen LogP) is 1.20. The first-order valence-corrected chi connectivity index (χ1v) is 4.39. The van der Waals surface area contributed by atoms with Crippen LogP contribution in [-0.2, 0) is 4.74 Å². The van der Waals surface area contributed by atoms with Crippen molar-refractivity contribution >= 4 is 12.4 Å². The second kappa shape index (κ2) is 3.29. The molecule has 3 heteroatoms. The van der Waals surface area contributed by atoms with E-state index in [1.165, 1.54) is 11.1 Å². The van der Waals surface area contributed by atoms with Gasteiger partial charge in [-0.3, -0.25) is 0 Å². The van der Waals surface area contributed by atoms with Crippen molar-refractivity contribution in [3.05, 3.63) is 35.5 Å². The van der Waals surface area contributed by atoms with Crippen LogP contribution in [0.5, 0.6) is 0 Å². The molecule has 13 heavy (non-hydrogen) atoms. The van der Waals surface area contributed by atoms with Gasteiger partial charge in [-0.15, -0.1) is 12.4 Å². The summed E-state index contributed by atoms with van der Waals surface area (Å²) in [5.41, 5.74) is 2.84. The molecule has 0 bridgehead atoms. The van der Waals surface area contributed by atoms with Gasteiger partial charge in [0.05, 0.1) is 6.10 Å². The summed E-state index contributed by atoms with van der Waals surface area (Å²) in [5.74, 6) is 0. The van der Waals surface area contributed by atoms with E-state index >= 15 is 0 Å². The van der Waals surface area contributed by atoms with Gasteiger partial charge in [0, 0.05) is 13.1 Å². The zero-order chi connectivity index (χ0) is 7.97. The minimum atomic E-state index is 0. The zero-order valence-corrected chi connectivity index (χ0v) is 8.01. The summed E-state index contributed by atoms with van der Waals surface area (Å²) in [5, 5.41) is 3.32. The van der Waals surface area contributed by atoms with Crippen molar-refractivity contribution in [2.45, 2.75) is 12.2 Å². The molecule has 2 heterocycles. The number of halogens is 1. The van der Waals surface area contributed by atoms with Crippen molar-refractivity contribution in [2.24, 2.45) is 0 Å². The number of hydrogen-bond acceptors (Lipinski definition) is 2. The molecule has 1 saturated heterocycles. The SMILES string of the molecule is C1=CC2=C3CNCC3OC2C=C1.Cl. The Kier molecular flexibility index (Phi) is 2.28. The molecule has 3 rings (SSSR count). The average Bonchev–Trinajstić information content (AvgIpc) is 2.62. The van der Waals surface area contributed by atoms with Gasteiger partial charge in [-0.2, -0.15) is 0 Å². The molecule has 0 saturated carbocycles. The van der Waals surface area contributed by atoms with Gasteiger partial charge in [0.2, 0.25) is 0 Å². The van der Waals surface area contributed by atoms with Crippen LogP contribution in [0.15, 0.2) is 35.5 Å². The Morgan fingerprint density at radius 3 is 3.23 bits per heavy atom. The fourth-order valence-corrected chi connectivity index (χ4v) is 2.10. The molecule has 1 N–H and O–H groups in total. The summed E-state index contributed by atoms with van der Waals surface area (Å²) in [4.78, 5) is 0. The molecule has 2 aliphatic heterocycles. The maximum absolute atomic E-state index is 5.81. The van der Waals surface area contributed by atoms with Crippen LogP contribution >= 0.6 is 12.4 Å². The molecule has 1 aliphatic carbocycles. The standard InChI is InChI=1S/C10H11NO.ClH/c1-2-4-9-7(3-1)8-5-11-6-10(8)12-9;/h1-4,9-11H,5-6H2;1H. The summed E-state index contributed by atoms with van der Waals surface area (Å²) < 4.78 is 5.81. The molecular weight excluding hydrogens is 186 g/mol. The van der Waals surface area contributed by atoms with Gasteiger partial charge in [0.25, 0.3) is 0 Å². The van der Waals surface area contributed by atoms with Crippen molar-refractivity contribution in [1.29, 1.82) is 0 Å². The Hall–Kier alpha value is -0.570. The molecule has 2 unspecified atom stereocenters. The van der Waals surface area contributed by atoms with E-state index in [0.29, 0.717) is 6.10 Å².